The Morgan fingerprint density at radius 1 is 1.25 bits per heavy atom. The maximum Gasteiger partial charge on any atom is 0.192 e. The molecule has 1 aliphatic heterocycles. The monoisotopic (exact) mass is 325 g/mol. The van der Waals surface area contributed by atoms with Gasteiger partial charge in [-0.05, 0) is 30.7 Å². The van der Waals surface area contributed by atoms with E-state index in [1.54, 1.807) is 12.1 Å². The van der Waals surface area contributed by atoms with E-state index in [4.69, 9.17) is 4.74 Å². The molecular formula is C19H23N3O2. The molecule has 126 valence electrons. The van der Waals surface area contributed by atoms with E-state index in [2.05, 4.69) is 21.7 Å². The molecule has 1 heterocycles. The molecule has 0 radical (unpaired) electrons. The minimum atomic E-state index is 0.178. The summed E-state index contributed by atoms with van der Waals surface area (Å²) in [5, 5.41) is 16.3. The van der Waals surface area contributed by atoms with Crippen LogP contribution in [0.25, 0.3) is 0 Å². The summed E-state index contributed by atoms with van der Waals surface area (Å²) >= 11 is 0. The summed E-state index contributed by atoms with van der Waals surface area (Å²) < 4.78 is 5.71. The molecule has 0 saturated heterocycles. The van der Waals surface area contributed by atoms with Crippen molar-refractivity contribution >= 4 is 5.96 Å². The fourth-order valence-electron chi connectivity index (χ4n) is 2.80. The Bertz CT molecular complexity index is 715. The number of nitrogens with one attached hydrogen (secondary N) is 2. The zero-order valence-electron chi connectivity index (χ0n) is 13.8. The van der Waals surface area contributed by atoms with Crippen molar-refractivity contribution in [1.29, 1.82) is 0 Å². The van der Waals surface area contributed by atoms with Gasteiger partial charge in [0.15, 0.2) is 5.96 Å². The lowest BCUT2D eigenvalue weighted by molar-refractivity contribution is 0.261. The van der Waals surface area contributed by atoms with Crippen molar-refractivity contribution in [3.8, 4) is 11.5 Å². The third-order valence-electron chi connectivity index (χ3n) is 3.94. The Labute approximate surface area is 142 Å². The van der Waals surface area contributed by atoms with Crippen LogP contribution in [0.5, 0.6) is 11.5 Å². The Morgan fingerprint density at radius 3 is 2.96 bits per heavy atom. The van der Waals surface area contributed by atoms with Gasteiger partial charge < -0.3 is 20.5 Å². The second-order valence-corrected chi connectivity index (χ2v) is 5.74. The van der Waals surface area contributed by atoms with Crippen LogP contribution in [0.3, 0.4) is 0 Å². The first-order valence-electron chi connectivity index (χ1n) is 8.30. The van der Waals surface area contributed by atoms with Crippen LogP contribution in [0.1, 0.15) is 30.5 Å². The number of phenols is 1. The normalized spacial score (nSPS) is 16.9. The molecule has 24 heavy (non-hydrogen) atoms. The molecule has 2 aromatic carbocycles. The smallest absolute Gasteiger partial charge is 0.192 e. The van der Waals surface area contributed by atoms with E-state index < -0.39 is 0 Å². The molecule has 0 spiro atoms. The van der Waals surface area contributed by atoms with Gasteiger partial charge in [-0.2, -0.15) is 0 Å². The third-order valence-corrected chi connectivity index (χ3v) is 3.94. The standard InChI is InChI=1S/C19H23N3O2/c1-2-20-19(21-13-14-6-5-7-15(23)12-14)22-17-10-11-24-18-9-4-3-8-16(17)18/h3-9,12,17,23H,2,10-11,13H2,1H3,(H2,20,21,22). The highest BCUT2D eigenvalue weighted by Crippen LogP contribution is 2.31. The van der Waals surface area contributed by atoms with Crippen LogP contribution in [0.4, 0.5) is 0 Å². The quantitative estimate of drug-likeness (QED) is 0.597. The zero-order valence-corrected chi connectivity index (χ0v) is 13.8. The molecule has 3 rings (SSSR count). The molecule has 2 aromatic rings. The lowest BCUT2D eigenvalue weighted by Crippen LogP contribution is -2.41. The number of benzene rings is 2. The summed E-state index contributed by atoms with van der Waals surface area (Å²) in [6.07, 6.45) is 0.896. The number of hydrogen-bond donors (Lipinski definition) is 3. The van der Waals surface area contributed by atoms with Gasteiger partial charge in [0.1, 0.15) is 11.5 Å². The fraction of sp³-hybridized carbons (Fsp3) is 0.316. The van der Waals surface area contributed by atoms with Gasteiger partial charge in [-0.15, -0.1) is 0 Å². The van der Waals surface area contributed by atoms with Crippen LogP contribution in [0.2, 0.25) is 0 Å². The van der Waals surface area contributed by atoms with Crippen molar-refractivity contribution in [3.63, 3.8) is 0 Å². The molecule has 5 heteroatoms. The van der Waals surface area contributed by atoms with Crippen LogP contribution in [-0.4, -0.2) is 24.2 Å². The van der Waals surface area contributed by atoms with Crippen LogP contribution >= 0.6 is 0 Å². The summed E-state index contributed by atoms with van der Waals surface area (Å²) in [6, 6.07) is 15.5. The van der Waals surface area contributed by atoms with Gasteiger partial charge in [0.25, 0.3) is 0 Å². The number of aliphatic imine (C=N–C) groups is 1. The molecule has 0 saturated carbocycles. The second kappa shape index (κ2) is 7.73. The van der Waals surface area contributed by atoms with Crippen molar-refractivity contribution in [2.75, 3.05) is 13.2 Å². The van der Waals surface area contributed by atoms with Crippen LogP contribution in [0.15, 0.2) is 53.5 Å². The van der Waals surface area contributed by atoms with Crippen LogP contribution < -0.4 is 15.4 Å². The molecular weight excluding hydrogens is 302 g/mol. The maximum atomic E-state index is 9.56. The van der Waals surface area contributed by atoms with Crippen molar-refractivity contribution in [1.82, 2.24) is 10.6 Å². The highest BCUT2D eigenvalue weighted by Gasteiger charge is 2.21. The van der Waals surface area contributed by atoms with E-state index in [1.807, 2.05) is 37.3 Å². The Morgan fingerprint density at radius 2 is 2.12 bits per heavy atom. The van der Waals surface area contributed by atoms with Crippen molar-refractivity contribution < 1.29 is 9.84 Å². The van der Waals surface area contributed by atoms with Gasteiger partial charge in [0, 0.05) is 18.5 Å². The Balaban J connectivity index is 1.73. The predicted molar refractivity (Wildman–Crippen MR) is 95.4 cm³/mol. The number of rotatable bonds is 4. The number of nitrogens with zero attached hydrogens (tertiary/aromatic N) is 1. The number of ether oxygens (including phenoxy) is 1. The van der Waals surface area contributed by atoms with Crippen LogP contribution in [-0.2, 0) is 6.54 Å². The largest absolute Gasteiger partial charge is 0.508 e. The third kappa shape index (κ3) is 3.98. The lowest BCUT2D eigenvalue weighted by Gasteiger charge is -2.28. The maximum absolute atomic E-state index is 9.56. The highest BCUT2D eigenvalue weighted by molar-refractivity contribution is 5.80. The molecule has 0 aliphatic carbocycles. The molecule has 3 N–H and O–H groups in total. The van der Waals surface area contributed by atoms with E-state index in [9.17, 15) is 5.11 Å². The number of fused-ring (bicyclic) bond motifs is 1. The molecule has 1 unspecified atom stereocenters. The van der Waals surface area contributed by atoms with E-state index in [1.165, 1.54) is 0 Å². The van der Waals surface area contributed by atoms with Gasteiger partial charge in [-0.3, -0.25) is 0 Å². The van der Waals surface area contributed by atoms with Gasteiger partial charge in [-0.1, -0.05) is 30.3 Å². The topological polar surface area (TPSA) is 65.9 Å². The Kier molecular flexibility index (Phi) is 5.21. The number of phenolic OH excluding ortho intramolecular Hbond substituents is 1. The first-order chi connectivity index (χ1) is 11.8. The van der Waals surface area contributed by atoms with Gasteiger partial charge in [-0.25, -0.2) is 4.99 Å². The molecule has 0 aromatic heterocycles. The van der Waals surface area contributed by atoms with E-state index >= 15 is 0 Å². The summed E-state index contributed by atoms with van der Waals surface area (Å²) in [5.41, 5.74) is 2.13. The number of aromatic hydroxyl groups is 1. The van der Waals surface area contributed by atoms with E-state index in [0.717, 1.165) is 35.8 Å². The summed E-state index contributed by atoms with van der Waals surface area (Å²) in [5.74, 6) is 1.96. The lowest BCUT2D eigenvalue weighted by atomic mass is 10.0. The average Bonchev–Trinajstić information content (AvgIpc) is 2.60. The zero-order chi connectivity index (χ0) is 16.8. The number of para-hydroxylation sites is 1. The van der Waals surface area contributed by atoms with Crippen molar-refractivity contribution in [2.24, 2.45) is 4.99 Å². The summed E-state index contributed by atoms with van der Waals surface area (Å²) in [6.45, 7) is 4.04. The molecule has 0 fully saturated rings. The fourth-order valence-corrected chi connectivity index (χ4v) is 2.80. The highest BCUT2D eigenvalue weighted by atomic mass is 16.5. The molecule has 0 amide bonds. The molecule has 0 bridgehead atoms. The molecule has 1 atom stereocenters. The first kappa shape index (κ1) is 16.2. The van der Waals surface area contributed by atoms with E-state index in [0.29, 0.717) is 13.2 Å². The summed E-state index contributed by atoms with van der Waals surface area (Å²) in [7, 11) is 0. The minimum Gasteiger partial charge on any atom is -0.508 e. The van der Waals surface area contributed by atoms with Gasteiger partial charge >= 0.3 is 0 Å². The van der Waals surface area contributed by atoms with Gasteiger partial charge in [0.05, 0.1) is 19.2 Å². The average molecular weight is 325 g/mol. The number of hydrogen-bond acceptors (Lipinski definition) is 3. The first-order valence-corrected chi connectivity index (χ1v) is 8.30. The Hall–Kier alpha value is -2.69. The summed E-state index contributed by atoms with van der Waals surface area (Å²) in [4.78, 5) is 4.63. The molecule has 1 aliphatic rings. The number of guanidine groups is 1. The second-order valence-electron chi connectivity index (χ2n) is 5.74. The van der Waals surface area contributed by atoms with Crippen LogP contribution in [0, 0.1) is 0 Å². The van der Waals surface area contributed by atoms with E-state index in [-0.39, 0.29) is 11.8 Å². The minimum absolute atomic E-state index is 0.178. The van der Waals surface area contributed by atoms with Crippen molar-refractivity contribution in [3.05, 3.63) is 59.7 Å². The molecule has 5 nitrogen and oxygen atoms in total. The van der Waals surface area contributed by atoms with Gasteiger partial charge in [0.2, 0.25) is 0 Å². The SMILES string of the molecule is CCNC(=NCc1cccc(O)c1)NC1CCOc2ccccc21. The predicted octanol–water partition coefficient (Wildman–Crippen LogP) is 2.97. The van der Waals surface area contributed by atoms with Crippen molar-refractivity contribution in [2.45, 2.75) is 25.9 Å².